The Balaban J connectivity index is 2.05. The van der Waals surface area contributed by atoms with Crippen molar-refractivity contribution in [2.75, 3.05) is 26.0 Å². The standard InChI is InChI=1S/C17H19IN2O/c1-19(2)16-10-4-13(5-11-16)12-20(3)17(21)14-6-8-15(18)9-7-14/h4-11H,12H2,1-3H3. The van der Waals surface area contributed by atoms with Gasteiger partial charge in [-0.05, 0) is 64.6 Å². The van der Waals surface area contributed by atoms with E-state index in [1.807, 2.05) is 45.4 Å². The van der Waals surface area contributed by atoms with Gasteiger partial charge in [0, 0.05) is 42.5 Å². The Bertz CT molecular complexity index is 606. The zero-order chi connectivity index (χ0) is 15.4. The Morgan fingerprint density at radius 2 is 1.52 bits per heavy atom. The molecule has 2 aromatic rings. The zero-order valence-electron chi connectivity index (χ0n) is 12.5. The fourth-order valence-electron chi connectivity index (χ4n) is 2.06. The maximum atomic E-state index is 12.4. The van der Waals surface area contributed by atoms with Gasteiger partial charge in [-0.25, -0.2) is 0 Å². The number of nitrogens with zero attached hydrogens (tertiary/aromatic N) is 2. The Morgan fingerprint density at radius 3 is 2.05 bits per heavy atom. The molecule has 2 rings (SSSR count). The molecule has 21 heavy (non-hydrogen) atoms. The number of anilines is 1. The molecule has 0 aromatic heterocycles. The Morgan fingerprint density at radius 1 is 0.952 bits per heavy atom. The van der Waals surface area contributed by atoms with Crippen LogP contribution in [0.25, 0.3) is 0 Å². The second kappa shape index (κ2) is 6.93. The van der Waals surface area contributed by atoms with Crippen LogP contribution in [0, 0.1) is 3.57 Å². The third kappa shape index (κ3) is 4.20. The van der Waals surface area contributed by atoms with Crippen molar-refractivity contribution < 1.29 is 4.79 Å². The molecule has 0 heterocycles. The minimum Gasteiger partial charge on any atom is -0.378 e. The van der Waals surface area contributed by atoms with Crippen LogP contribution in [0.3, 0.4) is 0 Å². The van der Waals surface area contributed by atoms with E-state index in [9.17, 15) is 4.79 Å². The highest BCUT2D eigenvalue weighted by Crippen LogP contribution is 2.15. The van der Waals surface area contributed by atoms with Crippen LogP contribution < -0.4 is 4.90 Å². The summed E-state index contributed by atoms with van der Waals surface area (Å²) in [7, 11) is 5.86. The number of halogens is 1. The summed E-state index contributed by atoms with van der Waals surface area (Å²) < 4.78 is 1.13. The van der Waals surface area contributed by atoms with Crippen LogP contribution >= 0.6 is 22.6 Å². The molecule has 0 aliphatic heterocycles. The molecule has 1 amide bonds. The third-order valence-electron chi connectivity index (χ3n) is 3.31. The summed E-state index contributed by atoms with van der Waals surface area (Å²) in [5.41, 5.74) is 3.01. The van der Waals surface area contributed by atoms with E-state index < -0.39 is 0 Å². The molecule has 0 fully saturated rings. The van der Waals surface area contributed by atoms with E-state index in [1.54, 1.807) is 4.90 Å². The molecule has 0 atom stereocenters. The van der Waals surface area contributed by atoms with Crippen molar-refractivity contribution in [3.05, 3.63) is 63.2 Å². The summed E-state index contributed by atoms with van der Waals surface area (Å²) in [5.74, 6) is 0.0445. The van der Waals surface area contributed by atoms with E-state index in [0.29, 0.717) is 6.54 Å². The van der Waals surface area contributed by atoms with E-state index in [-0.39, 0.29) is 5.91 Å². The predicted octanol–water partition coefficient (Wildman–Crippen LogP) is 3.63. The molecular weight excluding hydrogens is 375 g/mol. The summed E-state index contributed by atoms with van der Waals surface area (Å²) in [6.07, 6.45) is 0. The van der Waals surface area contributed by atoms with Crippen LogP contribution in [0.4, 0.5) is 5.69 Å². The van der Waals surface area contributed by atoms with Crippen molar-refractivity contribution in [2.24, 2.45) is 0 Å². The molecule has 0 saturated heterocycles. The summed E-state index contributed by atoms with van der Waals surface area (Å²) in [6, 6.07) is 15.9. The van der Waals surface area contributed by atoms with Gasteiger partial charge in [-0.15, -0.1) is 0 Å². The first kappa shape index (κ1) is 15.8. The average molecular weight is 394 g/mol. The molecule has 0 aliphatic carbocycles. The average Bonchev–Trinajstić information content (AvgIpc) is 2.47. The maximum Gasteiger partial charge on any atom is 0.253 e. The van der Waals surface area contributed by atoms with E-state index in [0.717, 1.165) is 20.4 Å². The highest BCUT2D eigenvalue weighted by molar-refractivity contribution is 14.1. The number of rotatable bonds is 4. The van der Waals surface area contributed by atoms with Crippen molar-refractivity contribution in [1.29, 1.82) is 0 Å². The monoisotopic (exact) mass is 394 g/mol. The topological polar surface area (TPSA) is 23.6 Å². The fraction of sp³-hybridized carbons (Fsp3) is 0.235. The minimum absolute atomic E-state index is 0.0445. The minimum atomic E-state index is 0.0445. The molecule has 110 valence electrons. The van der Waals surface area contributed by atoms with Gasteiger partial charge in [0.1, 0.15) is 0 Å². The first-order valence-corrected chi connectivity index (χ1v) is 7.82. The molecule has 0 N–H and O–H groups in total. The lowest BCUT2D eigenvalue weighted by Gasteiger charge is -2.18. The van der Waals surface area contributed by atoms with Gasteiger partial charge in [0.05, 0.1) is 0 Å². The zero-order valence-corrected chi connectivity index (χ0v) is 14.7. The van der Waals surface area contributed by atoms with Crippen molar-refractivity contribution in [1.82, 2.24) is 4.90 Å². The molecule has 0 bridgehead atoms. The predicted molar refractivity (Wildman–Crippen MR) is 95.7 cm³/mol. The fourth-order valence-corrected chi connectivity index (χ4v) is 2.42. The summed E-state index contributed by atoms with van der Waals surface area (Å²) in [6.45, 7) is 0.610. The van der Waals surface area contributed by atoms with Gasteiger partial charge in [0.25, 0.3) is 5.91 Å². The molecule has 0 unspecified atom stereocenters. The first-order chi connectivity index (χ1) is 9.97. The largest absolute Gasteiger partial charge is 0.378 e. The van der Waals surface area contributed by atoms with Crippen LogP contribution in [0.15, 0.2) is 48.5 Å². The first-order valence-electron chi connectivity index (χ1n) is 6.74. The van der Waals surface area contributed by atoms with Crippen molar-refractivity contribution in [3.63, 3.8) is 0 Å². The summed E-state index contributed by atoms with van der Waals surface area (Å²) >= 11 is 2.24. The van der Waals surface area contributed by atoms with Gasteiger partial charge in [-0.3, -0.25) is 4.79 Å². The van der Waals surface area contributed by atoms with Crippen molar-refractivity contribution in [2.45, 2.75) is 6.54 Å². The molecule has 4 heteroatoms. The highest BCUT2D eigenvalue weighted by atomic mass is 127. The SMILES string of the molecule is CN(Cc1ccc(N(C)C)cc1)C(=O)c1ccc(I)cc1. The van der Waals surface area contributed by atoms with E-state index in [1.165, 1.54) is 0 Å². The number of hydrogen-bond donors (Lipinski definition) is 0. The molecule has 0 aliphatic rings. The Labute approximate surface area is 139 Å². The van der Waals surface area contributed by atoms with E-state index in [4.69, 9.17) is 0 Å². The highest BCUT2D eigenvalue weighted by Gasteiger charge is 2.11. The van der Waals surface area contributed by atoms with Crippen molar-refractivity contribution in [3.8, 4) is 0 Å². The van der Waals surface area contributed by atoms with Crippen LogP contribution in [0.5, 0.6) is 0 Å². The lowest BCUT2D eigenvalue weighted by Crippen LogP contribution is -2.26. The van der Waals surface area contributed by atoms with E-state index in [2.05, 4.69) is 51.8 Å². The van der Waals surface area contributed by atoms with Crippen LogP contribution in [0.2, 0.25) is 0 Å². The van der Waals surface area contributed by atoms with Crippen LogP contribution in [0.1, 0.15) is 15.9 Å². The molecule has 0 saturated carbocycles. The van der Waals surface area contributed by atoms with Crippen molar-refractivity contribution >= 4 is 34.2 Å². The van der Waals surface area contributed by atoms with Crippen LogP contribution in [-0.2, 0) is 6.54 Å². The van der Waals surface area contributed by atoms with Gasteiger partial charge in [0.15, 0.2) is 0 Å². The normalized spacial score (nSPS) is 10.3. The maximum absolute atomic E-state index is 12.4. The molecular formula is C17H19IN2O. The van der Waals surface area contributed by atoms with Gasteiger partial charge in [-0.1, -0.05) is 12.1 Å². The quantitative estimate of drug-likeness (QED) is 0.740. The van der Waals surface area contributed by atoms with Crippen LogP contribution in [-0.4, -0.2) is 32.0 Å². The number of carbonyl (C=O) groups is 1. The third-order valence-corrected chi connectivity index (χ3v) is 4.03. The Kier molecular flexibility index (Phi) is 5.22. The number of carbonyl (C=O) groups excluding carboxylic acids is 1. The summed E-state index contributed by atoms with van der Waals surface area (Å²) in [4.78, 5) is 16.2. The van der Waals surface area contributed by atoms with Gasteiger partial charge in [0.2, 0.25) is 0 Å². The lowest BCUT2D eigenvalue weighted by atomic mass is 10.1. The number of amides is 1. The van der Waals surface area contributed by atoms with Gasteiger partial charge < -0.3 is 9.80 Å². The smallest absolute Gasteiger partial charge is 0.253 e. The van der Waals surface area contributed by atoms with E-state index >= 15 is 0 Å². The van der Waals surface area contributed by atoms with Gasteiger partial charge in [-0.2, -0.15) is 0 Å². The Hall–Kier alpha value is -1.56. The molecule has 0 radical (unpaired) electrons. The molecule has 3 nitrogen and oxygen atoms in total. The van der Waals surface area contributed by atoms with Gasteiger partial charge >= 0.3 is 0 Å². The summed E-state index contributed by atoms with van der Waals surface area (Å²) in [5, 5.41) is 0. The number of hydrogen-bond acceptors (Lipinski definition) is 2. The lowest BCUT2D eigenvalue weighted by molar-refractivity contribution is 0.0785. The second-order valence-electron chi connectivity index (χ2n) is 5.23. The second-order valence-corrected chi connectivity index (χ2v) is 6.47. The molecule has 0 spiro atoms. The number of benzene rings is 2. The molecule has 2 aromatic carbocycles.